The van der Waals surface area contributed by atoms with Crippen LogP contribution in [0.1, 0.15) is 30.7 Å². The Balaban J connectivity index is 0.938. The summed E-state index contributed by atoms with van der Waals surface area (Å²) in [5.41, 5.74) is 13.6. The van der Waals surface area contributed by atoms with Gasteiger partial charge in [0, 0.05) is 49.7 Å². The Hall–Kier alpha value is -8.66. The number of benzene rings is 11. The monoisotopic (exact) mass is 870 g/mol. The smallest absolute Gasteiger partial charge is 0.138 e. The lowest BCUT2D eigenvalue weighted by Gasteiger charge is -2.27. The van der Waals surface area contributed by atoms with Crippen molar-refractivity contribution in [3.05, 3.63) is 247 Å². The highest BCUT2D eigenvalue weighted by Crippen LogP contribution is 2.43. The lowest BCUT2D eigenvalue weighted by molar-refractivity contribution is 0.595. The van der Waals surface area contributed by atoms with Gasteiger partial charge in [0.2, 0.25) is 0 Å². The Bertz CT molecular complexity index is 4090. The van der Waals surface area contributed by atoms with Crippen LogP contribution in [0.3, 0.4) is 0 Å². The van der Waals surface area contributed by atoms with Crippen LogP contribution < -0.4 is 4.90 Å². The Kier molecular flexibility index (Phi) is 9.36. The third kappa shape index (κ3) is 6.27. The number of furan rings is 1. The predicted molar refractivity (Wildman–Crippen MR) is 289 cm³/mol. The number of allylic oxidation sites excluding steroid dienone is 1. The van der Waals surface area contributed by atoms with E-state index in [4.69, 9.17) is 4.42 Å². The van der Waals surface area contributed by atoms with Crippen molar-refractivity contribution < 1.29 is 4.42 Å². The van der Waals surface area contributed by atoms with Gasteiger partial charge >= 0.3 is 0 Å². The molecule has 0 spiro atoms. The Morgan fingerprint density at radius 3 is 1.69 bits per heavy atom. The van der Waals surface area contributed by atoms with Crippen LogP contribution in [0.25, 0.3) is 98.3 Å². The van der Waals surface area contributed by atoms with E-state index in [-0.39, 0.29) is 0 Å². The number of para-hydroxylation sites is 2. The van der Waals surface area contributed by atoms with E-state index in [0.717, 1.165) is 46.0 Å². The van der Waals surface area contributed by atoms with E-state index in [1.165, 1.54) is 92.7 Å². The lowest BCUT2D eigenvalue weighted by Crippen LogP contribution is -2.10. The molecule has 3 nitrogen and oxygen atoms in total. The van der Waals surface area contributed by atoms with Crippen molar-refractivity contribution in [1.82, 2.24) is 4.57 Å². The molecule has 3 heteroatoms. The fourth-order valence-corrected chi connectivity index (χ4v) is 11.0. The molecule has 0 saturated heterocycles. The second-order valence-corrected chi connectivity index (χ2v) is 17.8. The quantitative estimate of drug-likeness (QED) is 0.142. The van der Waals surface area contributed by atoms with E-state index in [2.05, 4.69) is 248 Å². The molecule has 11 aromatic carbocycles. The normalized spacial score (nSPS) is 12.1. The van der Waals surface area contributed by atoms with Crippen molar-refractivity contribution in [2.75, 3.05) is 4.90 Å². The van der Waals surface area contributed by atoms with Gasteiger partial charge in [0.15, 0.2) is 0 Å². The molecular weight excluding hydrogens is 825 g/mol. The van der Waals surface area contributed by atoms with Crippen LogP contribution in [-0.2, 0) is 6.42 Å². The highest BCUT2D eigenvalue weighted by molar-refractivity contribution is 6.26. The van der Waals surface area contributed by atoms with Crippen LogP contribution in [0.15, 0.2) is 235 Å². The fourth-order valence-electron chi connectivity index (χ4n) is 11.0. The van der Waals surface area contributed by atoms with Gasteiger partial charge in [0.05, 0.1) is 16.7 Å². The topological polar surface area (TPSA) is 21.3 Å². The minimum Gasteiger partial charge on any atom is -0.456 e. The zero-order valence-corrected chi connectivity index (χ0v) is 37.9. The number of nitrogens with zero attached hydrogens (tertiary/aromatic N) is 2. The third-order valence-corrected chi connectivity index (χ3v) is 14.1. The number of hydrogen-bond acceptors (Lipinski definition) is 2. The first-order valence-electron chi connectivity index (χ1n) is 23.7. The van der Waals surface area contributed by atoms with Crippen LogP contribution in [0, 0.1) is 0 Å². The molecule has 2 heterocycles. The molecule has 0 saturated carbocycles. The van der Waals surface area contributed by atoms with Crippen LogP contribution in [0.4, 0.5) is 17.1 Å². The van der Waals surface area contributed by atoms with E-state index >= 15 is 0 Å². The number of aromatic nitrogens is 1. The first-order chi connectivity index (χ1) is 33.6. The van der Waals surface area contributed by atoms with Gasteiger partial charge in [0.25, 0.3) is 0 Å². The van der Waals surface area contributed by atoms with Crippen molar-refractivity contribution in [3.8, 4) is 16.8 Å². The molecule has 0 atom stereocenters. The van der Waals surface area contributed by atoms with E-state index in [9.17, 15) is 0 Å². The van der Waals surface area contributed by atoms with E-state index < -0.39 is 0 Å². The van der Waals surface area contributed by atoms with Crippen LogP contribution in [0.2, 0.25) is 0 Å². The van der Waals surface area contributed by atoms with Gasteiger partial charge in [0.1, 0.15) is 11.3 Å². The maximum absolute atomic E-state index is 6.57. The Labute approximate surface area is 395 Å². The predicted octanol–water partition coefficient (Wildman–Crippen LogP) is 18.3. The first-order valence-corrected chi connectivity index (χ1v) is 23.7. The average Bonchev–Trinajstić information content (AvgIpc) is 3.94. The second-order valence-electron chi connectivity index (χ2n) is 17.8. The molecule has 2 aromatic heterocycles. The van der Waals surface area contributed by atoms with Crippen molar-refractivity contribution in [2.45, 2.75) is 20.3 Å². The summed E-state index contributed by atoms with van der Waals surface area (Å²) in [6.07, 6.45) is 3.07. The number of aryl methyl sites for hydroxylation is 1. The maximum atomic E-state index is 6.57. The van der Waals surface area contributed by atoms with Gasteiger partial charge in [-0.05, 0) is 134 Å². The minimum absolute atomic E-state index is 0.889. The van der Waals surface area contributed by atoms with Gasteiger partial charge in [-0.1, -0.05) is 171 Å². The molecule has 0 aliphatic heterocycles. The number of fused-ring (bicyclic) bond motifs is 11. The first kappa shape index (κ1) is 39.7. The largest absolute Gasteiger partial charge is 0.456 e. The SMILES string of the molecule is C/C=C(/c1ccc(N(c2ccc(-c3ccc4c(c3)c3ccccc3n4-c3cccc4ccccc34)cc2)c2ccc3c4ccccc4c4ccccc4c3c2)cc1)c1oc2ccccc2c1CC. The summed E-state index contributed by atoms with van der Waals surface area (Å²) in [7, 11) is 0. The maximum Gasteiger partial charge on any atom is 0.138 e. The van der Waals surface area contributed by atoms with Crippen molar-refractivity contribution in [2.24, 2.45) is 0 Å². The summed E-state index contributed by atoms with van der Waals surface area (Å²) in [5, 5.41) is 13.7. The molecule has 0 bridgehead atoms. The highest BCUT2D eigenvalue weighted by Gasteiger charge is 2.21. The van der Waals surface area contributed by atoms with Crippen LogP contribution in [-0.4, -0.2) is 4.57 Å². The van der Waals surface area contributed by atoms with Crippen LogP contribution >= 0.6 is 0 Å². The molecule has 0 radical (unpaired) electrons. The summed E-state index contributed by atoms with van der Waals surface area (Å²) >= 11 is 0. The average molecular weight is 871 g/mol. The summed E-state index contributed by atoms with van der Waals surface area (Å²) in [6.45, 7) is 4.31. The van der Waals surface area contributed by atoms with E-state index in [1.807, 2.05) is 6.07 Å². The van der Waals surface area contributed by atoms with Crippen molar-refractivity contribution in [3.63, 3.8) is 0 Å². The second kappa shape index (κ2) is 16.0. The molecule has 13 rings (SSSR count). The lowest BCUT2D eigenvalue weighted by atomic mass is 9.94. The zero-order valence-electron chi connectivity index (χ0n) is 37.9. The summed E-state index contributed by atoms with van der Waals surface area (Å²) in [4.78, 5) is 2.39. The molecule has 0 unspecified atom stereocenters. The van der Waals surface area contributed by atoms with Gasteiger partial charge < -0.3 is 13.9 Å². The molecule has 13 aromatic rings. The molecule has 0 fully saturated rings. The highest BCUT2D eigenvalue weighted by atomic mass is 16.3. The molecule has 0 aliphatic rings. The summed E-state index contributed by atoms with van der Waals surface area (Å²) < 4.78 is 9.00. The van der Waals surface area contributed by atoms with E-state index in [0.29, 0.717) is 0 Å². The van der Waals surface area contributed by atoms with E-state index in [1.54, 1.807) is 0 Å². The summed E-state index contributed by atoms with van der Waals surface area (Å²) in [5.74, 6) is 0.946. The molecule has 0 amide bonds. The fraction of sp³-hybridized carbons (Fsp3) is 0.0462. The molecule has 0 aliphatic carbocycles. The van der Waals surface area contributed by atoms with Crippen molar-refractivity contribution >= 4 is 98.5 Å². The zero-order chi connectivity index (χ0) is 45.3. The third-order valence-electron chi connectivity index (χ3n) is 14.1. The number of rotatable bonds is 8. The molecule has 68 heavy (non-hydrogen) atoms. The van der Waals surface area contributed by atoms with Crippen LogP contribution in [0.5, 0.6) is 0 Å². The van der Waals surface area contributed by atoms with Gasteiger partial charge in [-0.2, -0.15) is 0 Å². The Morgan fingerprint density at radius 2 is 0.985 bits per heavy atom. The number of anilines is 3. The van der Waals surface area contributed by atoms with Gasteiger partial charge in [-0.3, -0.25) is 0 Å². The number of hydrogen-bond donors (Lipinski definition) is 0. The van der Waals surface area contributed by atoms with Crippen molar-refractivity contribution in [1.29, 1.82) is 0 Å². The molecular formula is C65H46N2O. The Morgan fingerprint density at radius 1 is 0.441 bits per heavy atom. The standard InChI is InChI=1S/C65H46N2O/c1-3-49(65-50(4-2)58-24-12-14-27-64(58)68-65)44-30-35-47(36-31-44)66(48-37-38-56-54-21-8-7-19-52(54)53-20-9-10-22-55(53)59(56)41-48)46-33-28-42(29-34-46)45-32-39-63-60(40-45)57-23-11-13-25-62(57)67(63)61-26-15-17-43-16-5-6-18-51(43)61/h3,5-41H,4H2,1-2H3/b49-3-. The van der Waals surface area contributed by atoms with Gasteiger partial charge in [-0.25, -0.2) is 0 Å². The summed E-state index contributed by atoms with van der Waals surface area (Å²) in [6, 6.07) is 82.0. The van der Waals surface area contributed by atoms with Gasteiger partial charge in [-0.15, -0.1) is 0 Å². The molecule has 0 N–H and O–H groups in total. The minimum atomic E-state index is 0.889. The molecule has 322 valence electrons.